The zero-order valence-electron chi connectivity index (χ0n) is 12.0. The maximum Gasteiger partial charge on any atom is 0.345 e. The summed E-state index contributed by atoms with van der Waals surface area (Å²) < 4.78 is 1.90. The molecule has 0 aliphatic heterocycles. The van der Waals surface area contributed by atoms with Crippen LogP contribution in [-0.4, -0.2) is 32.8 Å². The fourth-order valence-electron chi connectivity index (χ4n) is 2.10. The van der Waals surface area contributed by atoms with Crippen LogP contribution in [0, 0.1) is 6.92 Å². The van der Waals surface area contributed by atoms with Crippen molar-refractivity contribution in [1.82, 2.24) is 14.7 Å². The van der Waals surface area contributed by atoms with E-state index in [4.69, 9.17) is 5.11 Å². The lowest BCUT2D eigenvalue weighted by Gasteiger charge is -2.15. The van der Waals surface area contributed by atoms with Gasteiger partial charge in [0.15, 0.2) is 0 Å². The number of aromatic nitrogens is 2. The molecule has 1 N–H and O–H groups in total. The van der Waals surface area contributed by atoms with E-state index in [1.807, 2.05) is 31.0 Å². The molecule has 20 heavy (non-hydrogen) atoms. The van der Waals surface area contributed by atoms with Crippen molar-refractivity contribution in [3.05, 3.63) is 39.3 Å². The molecular weight excluding hydrogens is 274 g/mol. The molecule has 0 spiro atoms. The molecule has 0 bridgehead atoms. The van der Waals surface area contributed by atoms with E-state index in [2.05, 4.69) is 16.9 Å². The number of hydrogen-bond acceptors (Lipinski definition) is 4. The number of aryl methyl sites for hydroxylation is 2. The molecule has 2 rings (SSSR count). The SMILES string of the molecule is CCn1cc(CN(C)Cc2cc(C(=O)O)sc2C)cn1. The normalized spacial score (nSPS) is 11.2. The lowest BCUT2D eigenvalue weighted by Crippen LogP contribution is -2.17. The van der Waals surface area contributed by atoms with Crippen LogP contribution in [0.4, 0.5) is 0 Å². The zero-order valence-corrected chi connectivity index (χ0v) is 12.8. The fourth-order valence-corrected chi connectivity index (χ4v) is 2.97. The van der Waals surface area contributed by atoms with Crippen LogP contribution in [-0.2, 0) is 19.6 Å². The van der Waals surface area contributed by atoms with Gasteiger partial charge in [-0.05, 0) is 32.5 Å². The van der Waals surface area contributed by atoms with E-state index in [1.54, 1.807) is 6.07 Å². The first-order valence-electron chi connectivity index (χ1n) is 6.52. The third-order valence-electron chi connectivity index (χ3n) is 3.13. The zero-order chi connectivity index (χ0) is 14.7. The van der Waals surface area contributed by atoms with E-state index in [9.17, 15) is 4.79 Å². The maximum atomic E-state index is 11.0. The van der Waals surface area contributed by atoms with Crippen molar-refractivity contribution in [3.8, 4) is 0 Å². The fraction of sp³-hybridized carbons (Fsp3) is 0.429. The van der Waals surface area contributed by atoms with Crippen LogP contribution in [0.3, 0.4) is 0 Å². The molecule has 108 valence electrons. The van der Waals surface area contributed by atoms with Gasteiger partial charge in [-0.2, -0.15) is 5.10 Å². The largest absolute Gasteiger partial charge is 0.477 e. The van der Waals surface area contributed by atoms with Gasteiger partial charge in [-0.25, -0.2) is 4.79 Å². The van der Waals surface area contributed by atoms with Crippen molar-refractivity contribution >= 4 is 17.3 Å². The minimum Gasteiger partial charge on any atom is -0.477 e. The Balaban J connectivity index is 2.00. The Kier molecular flexibility index (Phi) is 4.57. The van der Waals surface area contributed by atoms with E-state index in [1.165, 1.54) is 16.9 Å². The molecule has 0 radical (unpaired) electrons. The highest BCUT2D eigenvalue weighted by Crippen LogP contribution is 2.23. The monoisotopic (exact) mass is 293 g/mol. The number of thiophene rings is 1. The predicted octanol–water partition coefficient (Wildman–Crippen LogP) is 2.60. The standard InChI is InChI=1S/C14H19N3O2S/c1-4-17-8-11(6-15-17)7-16(3)9-12-5-13(14(18)19)20-10(12)2/h5-6,8H,4,7,9H2,1-3H3,(H,18,19). The third kappa shape index (κ3) is 3.46. The number of aromatic carboxylic acids is 1. The molecule has 0 amide bonds. The summed E-state index contributed by atoms with van der Waals surface area (Å²) in [6.07, 6.45) is 3.92. The molecule has 0 atom stereocenters. The summed E-state index contributed by atoms with van der Waals surface area (Å²) in [7, 11) is 2.03. The van der Waals surface area contributed by atoms with Gasteiger partial charge in [0.25, 0.3) is 0 Å². The molecule has 2 heterocycles. The molecule has 6 heteroatoms. The van der Waals surface area contributed by atoms with Gasteiger partial charge in [-0.1, -0.05) is 0 Å². The van der Waals surface area contributed by atoms with Gasteiger partial charge in [0.05, 0.1) is 6.20 Å². The van der Waals surface area contributed by atoms with Crippen molar-refractivity contribution in [2.75, 3.05) is 7.05 Å². The maximum absolute atomic E-state index is 11.0. The average Bonchev–Trinajstić information content (AvgIpc) is 2.97. The Hall–Kier alpha value is -1.66. The Morgan fingerprint density at radius 1 is 1.50 bits per heavy atom. The van der Waals surface area contributed by atoms with Crippen molar-refractivity contribution < 1.29 is 9.90 Å². The van der Waals surface area contributed by atoms with E-state index < -0.39 is 5.97 Å². The number of hydrogen-bond donors (Lipinski definition) is 1. The van der Waals surface area contributed by atoms with E-state index in [0.29, 0.717) is 4.88 Å². The minimum atomic E-state index is -0.851. The van der Waals surface area contributed by atoms with E-state index in [-0.39, 0.29) is 0 Å². The topological polar surface area (TPSA) is 58.4 Å². The molecule has 0 fully saturated rings. The third-order valence-corrected chi connectivity index (χ3v) is 4.22. The summed E-state index contributed by atoms with van der Waals surface area (Å²) in [5.74, 6) is -0.851. The molecule has 0 saturated carbocycles. The molecule has 2 aromatic rings. The second kappa shape index (κ2) is 6.19. The molecular formula is C14H19N3O2S. The highest BCUT2D eigenvalue weighted by molar-refractivity contribution is 7.14. The lowest BCUT2D eigenvalue weighted by molar-refractivity contribution is 0.0702. The lowest BCUT2D eigenvalue weighted by atomic mass is 10.2. The summed E-state index contributed by atoms with van der Waals surface area (Å²) >= 11 is 1.34. The molecule has 2 aromatic heterocycles. The Bertz CT molecular complexity index is 603. The number of rotatable bonds is 6. The first kappa shape index (κ1) is 14.7. The minimum absolute atomic E-state index is 0.407. The van der Waals surface area contributed by atoms with Crippen molar-refractivity contribution in [1.29, 1.82) is 0 Å². The van der Waals surface area contributed by atoms with Crippen LogP contribution in [0.2, 0.25) is 0 Å². The molecule has 0 unspecified atom stereocenters. The summed E-state index contributed by atoms with van der Waals surface area (Å²) in [5, 5.41) is 13.3. The van der Waals surface area contributed by atoms with Gasteiger partial charge >= 0.3 is 5.97 Å². The number of carboxylic acids is 1. The van der Waals surface area contributed by atoms with Crippen LogP contribution in [0.15, 0.2) is 18.5 Å². The summed E-state index contributed by atoms with van der Waals surface area (Å²) in [4.78, 5) is 14.6. The highest BCUT2D eigenvalue weighted by atomic mass is 32.1. The van der Waals surface area contributed by atoms with Crippen molar-refractivity contribution in [3.63, 3.8) is 0 Å². The van der Waals surface area contributed by atoms with Crippen LogP contribution in [0.5, 0.6) is 0 Å². The van der Waals surface area contributed by atoms with Crippen LogP contribution in [0.25, 0.3) is 0 Å². The van der Waals surface area contributed by atoms with Gasteiger partial charge in [0.1, 0.15) is 4.88 Å². The number of carbonyl (C=O) groups is 1. The molecule has 0 saturated heterocycles. The highest BCUT2D eigenvalue weighted by Gasteiger charge is 2.13. The number of nitrogens with zero attached hydrogens (tertiary/aromatic N) is 3. The van der Waals surface area contributed by atoms with Gasteiger partial charge in [-0.3, -0.25) is 9.58 Å². The quantitative estimate of drug-likeness (QED) is 0.889. The first-order valence-corrected chi connectivity index (χ1v) is 7.33. The Labute approximate surface area is 122 Å². The van der Waals surface area contributed by atoms with Crippen LogP contribution in [0.1, 0.15) is 32.6 Å². The second-order valence-electron chi connectivity index (χ2n) is 4.87. The smallest absolute Gasteiger partial charge is 0.345 e. The predicted molar refractivity (Wildman–Crippen MR) is 79.1 cm³/mol. The van der Waals surface area contributed by atoms with Gasteiger partial charge in [0, 0.05) is 36.3 Å². The van der Waals surface area contributed by atoms with Crippen molar-refractivity contribution in [2.24, 2.45) is 0 Å². The molecule has 5 nitrogen and oxygen atoms in total. The number of carboxylic acid groups (broad SMARTS) is 1. The molecule has 0 aliphatic carbocycles. The average molecular weight is 293 g/mol. The second-order valence-corrected chi connectivity index (χ2v) is 6.13. The Morgan fingerprint density at radius 2 is 2.25 bits per heavy atom. The van der Waals surface area contributed by atoms with Crippen LogP contribution < -0.4 is 0 Å². The van der Waals surface area contributed by atoms with E-state index >= 15 is 0 Å². The summed E-state index contributed by atoms with van der Waals surface area (Å²) in [6.45, 7) is 6.44. The van der Waals surface area contributed by atoms with Gasteiger partial charge in [-0.15, -0.1) is 11.3 Å². The molecule has 0 aromatic carbocycles. The van der Waals surface area contributed by atoms with Crippen LogP contribution >= 0.6 is 11.3 Å². The molecule has 0 aliphatic rings. The summed E-state index contributed by atoms with van der Waals surface area (Å²) in [6, 6.07) is 1.77. The first-order chi connectivity index (χ1) is 9.49. The Morgan fingerprint density at radius 3 is 2.80 bits per heavy atom. The van der Waals surface area contributed by atoms with Gasteiger partial charge in [0.2, 0.25) is 0 Å². The van der Waals surface area contributed by atoms with Gasteiger partial charge < -0.3 is 5.11 Å². The summed E-state index contributed by atoms with van der Waals surface area (Å²) in [5.41, 5.74) is 2.25. The van der Waals surface area contributed by atoms with E-state index in [0.717, 1.165) is 30.1 Å². The van der Waals surface area contributed by atoms with Crippen molar-refractivity contribution in [2.45, 2.75) is 33.5 Å².